The molecular formula is C11H19KO3. The monoisotopic (exact) mass is 238 g/mol. The Hall–Kier alpha value is 0.776. The zero-order valence-electron chi connectivity index (χ0n) is 9.88. The number of carboxylic acid groups (broad SMARTS) is 1. The van der Waals surface area contributed by atoms with Crippen LogP contribution in [0.1, 0.15) is 58.3 Å². The van der Waals surface area contributed by atoms with Crippen LogP contribution in [0.25, 0.3) is 0 Å². The quantitative estimate of drug-likeness (QED) is 0.361. The molecule has 0 aromatic rings. The molecule has 0 aliphatic heterocycles. The van der Waals surface area contributed by atoms with Crippen LogP contribution in [0.4, 0.5) is 0 Å². The maximum absolute atomic E-state index is 10.6. The van der Waals surface area contributed by atoms with Crippen molar-refractivity contribution in [3.63, 3.8) is 0 Å². The molecule has 0 N–H and O–H groups in total. The van der Waals surface area contributed by atoms with E-state index in [0.29, 0.717) is 6.42 Å². The van der Waals surface area contributed by atoms with Crippen molar-refractivity contribution in [3.8, 4) is 0 Å². The predicted molar refractivity (Wildman–Crippen MR) is 52.6 cm³/mol. The molecule has 0 unspecified atom stereocenters. The van der Waals surface area contributed by atoms with Gasteiger partial charge >= 0.3 is 51.4 Å². The van der Waals surface area contributed by atoms with Crippen LogP contribution < -0.4 is 56.5 Å². The second kappa shape index (κ2) is 12.8. The first kappa shape index (κ1) is 18.1. The first-order valence-electron chi connectivity index (χ1n) is 5.32. The summed E-state index contributed by atoms with van der Waals surface area (Å²) in [6.07, 6.45) is 6.72. The Bertz CT molecular complexity index is 161. The predicted octanol–water partition coefficient (Wildman–Crippen LogP) is -1.55. The van der Waals surface area contributed by atoms with Gasteiger partial charge in [-0.15, -0.1) is 0 Å². The summed E-state index contributed by atoms with van der Waals surface area (Å²) in [5.41, 5.74) is 0. The van der Waals surface area contributed by atoms with Crippen LogP contribution in [0.3, 0.4) is 0 Å². The summed E-state index contributed by atoms with van der Waals surface area (Å²) < 4.78 is 0. The van der Waals surface area contributed by atoms with Crippen molar-refractivity contribution >= 4 is 11.8 Å². The van der Waals surface area contributed by atoms with E-state index in [1.54, 1.807) is 6.92 Å². The number of Topliss-reactive ketones (excluding diaryl/α,β-unsaturated/α-hetero) is 1. The molecular weight excluding hydrogens is 219 g/mol. The van der Waals surface area contributed by atoms with E-state index >= 15 is 0 Å². The normalized spacial score (nSPS) is 9.40. The Labute approximate surface area is 134 Å². The van der Waals surface area contributed by atoms with Gasteiger partial charge in [0.1, 0.15) is 5.78 Å². The van der Waals surface area contributed by atoms with Crippen LogP contribution >= 0.6 is 0 Å². The molecule has 3 nitrogen and oxygen atoms in total. The zero-order chi connectivity index (χ0) is 10.8. The Balaban J connectivity index is 0. The van der Waals surface area contributed by atoms with Crippen LogP contribution in [-0.2, 0) is 9.59 Å². The number of aliphatic carboxylic acids is 1. The Morgan fingerprint density at radius 3 is 1.67 bits per heavy atom. The number of carbonyl (C=O) groups is 2. The van der Waals surface area contributed by atoms with E-state index < -0.39 is 5.97 Å². The molecule has 0 aliphatic rings. The molecule has 82 valence electrons. The van der Waals surface area contributed by atoms with Crippen molar-refractivity contribution in [2.24, 2.45) is 0 Å². The summed E-state index contributed by atoms with van der Waals surface area (Å²) >= 11 is 0. The first-order chi connectivity index (χ1) is 6.63. The van der Waals surface area contributed by atoms with Crippen LogP contribution in [-0.4, -0.2) is 11.8 Å². The number of ketones is 1. The van der Waals surface area contributed by atoms with Crippen molar-refractivity contribution in [1.82, 2.24) is 0 Å². The number of rotatable bonds is 9. The third-order valence-corrected chi connectivity index (χ3v) is 2.16. The van der Waals surface area contributed by atoms with Crippen molar-refractivity contribution in [2.75, 3.05) is 0 Å². The summed E-state index contributed by atoms with van der Waals surface area (Å²) in [5, 5.41) is 10.1. The molecule has 4 heteroatoms. The van der Waals surface area contributed by atoms with E-state index in [1.165, 1.54) is 0 Å². The van der Waals surface area contributed by atoms with Crippen LogP contribution in [0.5, 0.6) is 0 Å². The molecule has 0 saturated heterocycles. The maximum atomic E-state index is 10.6. The summed E-state index contributed by atoms with van der Waals surface area (Å²) in [5.74, 6) is -0.705. The van der Waals surface area contributed by atoms with E-state index in [2.05, 4.69) is 0 Å². The van der Waals surface area contributed by atoms with Gasteiger partial charge in [0.2, 0.25) is 0 Å². The molecule has 0 amide bonds. The van der Waals surface area contributed by atoms with Crippen LogP contribution in [0.2, 0.25) is 0 Å². The largest absolute Gasteiger partial charge is 1.00 e. The van der Waals surface area contributed by atoms with Gasteiger partial charge < -0.3 is 14.7 Å². The number of carboxylic acids is 1. The Morgan fingerprint density at radius 2 is 1.27 bits per heavy atom. The topological polar surface area (TPSA) is 57.2 Å². The van der Waals surface area contributed by atoms with Crippen molar-refractivity contribution in [1.29, 1.82) is 0 Å². The fraction of sp³-hybridized carbons (Fsp3) is 0.818. The van der Waals surface area contributed by atoms with Gasteiger partial charge in [-0.2, -0.15) is 0 Å². The Kier molecular flexibility index (Phi) is 15.5. The molecule has 0 heterocycles. The minimum absolute atomic E-state index is 0. The molecule has 0 radical (unpaired) electrons. The van der Waals surface area contributed by atoms with E-state index in [0.717, 1.165) is 38.5 Å². The van der Waals surface area contributed by atoms with Crippen molar-refractivity contribution in [2.45, 2.75) is 58.3 Å². The van der Waals surface area contributed by atoms with Gasteiger partial charge in [0.15, 0.2) is 0 Å². The van der Waals surface area contributed by atoms with E-state index in [4.69, 9.17) is 0 Å². The van der Waals surface area contributed by atoms with Gasteiger partial charge in [0.25, 0.3) is 0 Å². The third-order valence-electron chi connectivity index (χ3n) is 2.16. The number of unbranched alkanes of at least 4 members (excludes halogenated alkanes) is 5. The van der Waals surface area contributed by atoms with E-state index in [-0.39, 0.29) is 63.6 Å². The minimum Gasteiger partial charge on any atom is -0.550 e. The van der Waals surface area contributed by atoms with Crippen LogP contribution in [0.15, 0.2) is 0 Å². The number of hydrogen-bond acceptors (Lipinski definition) is 3. The van der Waals surface area contributed by atoms with Gasteiger partial charge in [-0.05, 0) is 26.2 Å². The van der Waals surface area contributed by atoms with Crippen molar-refractivity contribution in [3.05, 3.63) is 0 Å². The summed E-state index contributed by atoms with van der Waals surface area (Å²) in [6, 6.07) is 0. The number of carbonyl (C=O) groups excluding carboxylic acids is 2. The summed E-state index contributed by atoms with van der Waals surface area (Å²) in [4.78, 5) is 20.6. The van der Waals surface area contributed by atoms with Crippen LogP contribution in [0, 0.1) is 0 Å². The smallest absolute Gasteiger partial charge is 0.550 e. The fourth-order valence-electron chi connectivity index (χ4n) is 1.35. The van der Waals surface area contributed by atoms with Gasteiger partial charge in [0, 0.05) is 12.4 Å². The molecule has 0 saturated carbocycles. The first-order valence-corrected chi connectivity index (χ1v) is 5.32. The van der Waals surface area contributed by atoms with Crippen molar-refractivity contribution < 1.29 is 66.1 Å². The molecule has 0 atom stereocenters. The molecule has 0 aliphatic carbocycles. The average Bonchev–Trinajstić information content (AvgIpc) is 2.08. The molecule has 0 spiro atoms. The zero-order valence-corrected chi connectivity index (χ0v) is 13.0. The molecule has 0 rings (SSSR count). The van der Waals surface area contributed by atoms with E-state index in [1.807, 2.05) is 0 Å². The van der Waals surface area contributed by atoms with Gasteiger partial charge in [0.05, 0.1) is 0 Å². The maximum Gasteiger partial charge on any atom is 1.00 e. The second-order valence-corrected chi connectivity index (χ2v) is 3.70. The average molecular weight is 238 g/mol. The van der Waals surface area contributed by atoms with Gasteiger partial charge in [-0.25, -0.2) is 0 Å². The van der Waals surface area contributed by atoms with Gasteiger partial charge in [-0.1, -0.05) is 25.7 Å². The molecule has 0 bridgehead atoms. The molecule has 0 aromatic heterocycles. The van der Waals surface area contributed by atoms with Gasteiger partial charge in [-0.3, -0.25) is 0 Å². The molecule has 0 fully saturated rings. The molecule has 15 heavy (non-hydrogen) atoms. The second-order valence-electron chi connectivity index (χ2n) is 3.70. The Morgan fingerprint density at radius 1 is 0.867 bits per heavy atom. The fourth-order valence-corrected chi connectivity index (χ4v) is 1.35. The SMILES string of the molecule is CC(=O)CCCCCCCCC(=O)[O-].[K+]. The third kappa shape index (κ3) is 17.4. The summed E-state index contributed by atoms with van der Waals surface area (Å²) in [6.45, 7) is 1.61. The summed E-state index contributed by atoms with van der Waals surface area (Å²) in [7, 11) is 0. The number of hydrogen-bond donors (Lipinski definition) is 0. The standard InChI is InChI=1S/C11H20O3.K/c1-10(12)8-6-4-2-3-5-7-9-11(13)14;/h2-9H2,1H3,(H,13,14);/q;+1/p-1. The molecule has 0 aromatic carbocycles. The van der Waals surface area contributed by atoms with E-state index in [9.17, 15) is 14.7 Å². The minimum atomic E-state index is -0.957.